The van der Waals surface area contributed by atoms with Crippen LogP contribution in [0.1, 0.15) is 65.2 Å². The Kier molecular flexibility index (Phi) is 5.07. The quantitative estimate of drug-likeness (QED) is 0.697. The van der Waals surface area contributed by atoms with E-state index in [0.29, 0.717) is 42.4 Å². The smallest absolute Gasteiger partial charge is 0.407 e. The van der Waals surface area contributed by atoms with Crippen molar-refractivity contribution in [1.29, 1.82) is 0 Å². The van der Waals surface area contributed by atoms with Gasteiger partial charge in [0.2, 0.25) is 0 Å². The van der Waals surface area contributed by atoms with Crippen molar-refractivity contribution in [2.24, 2.45) is 28.6 Å². The number of hydrogen-bond acceptors (Lipinski definition) is 3. The third kappa shape index (κ3) is 3.12. The summed E-state index contributed by atoms with van der Waals surface area (Å²) in [6.45, 7) is 5.20. The Bertz CT molecular complexity index is 662. The highest BCUT2D eigenvalue weighted by atomic mass is 35.5. The topological polar surface area (TPSA) is 55.4 Å². The standard InChI is InChI=1S/C22H32ClNO3/c1-21-9-7-15(25)13-14(21)3-4-16-17-5-6-19(27-20(26)24-12-11-23)22(17,2)10-8-18(16)21/h13,16-19H,3-12H2,1-2H3,(H,24,26). The Balaban J connectivity index is 1.51. The molecule has 4 aliphatic rings. The molecule has 6 atom stereocenters. The van der Waals surface area contributed by atoms with Crippen LogP contribution in [0.5, 0.6) is 0 Å². The molecule has 4 rings (SSSR count). The predicted octanol–water partition coefficient (Wildman–Crippen LogP) is 4.85. The molecule has 1 N–H and O–H groups in total. The Morgan fingerprint density at radius 1 is 1.19 bits per heavy atom. The lowest BCUT2D eigenvalue weighted by atomic mass is 9.47. The Morgan fingerprint density at radius 3 is 2.78 bits per heavy atom. The molecule has 150 valence electrons. The highest BCUT2D eigenvalue weighted by Crippen LogP contribution is 2.65. The Morgan fingerprint density at radius 2 is 2.00 bits per heavy atom. The minimum atomic E-state index is -0.323. The molecule has 6 unspecified atom stereocenters. The van der Waals surface area contributed by atoms with Gasteiger partial charge in [0, 0.05) is 24.3 Å². The van der Waals surface area contributed by atoms with Gasteiger partial charge in [0.25, 0.3) is 0 Å². The minimum Gasteiger partial charge on any atom is -0.446 e. The zero-order valence-corrected chi connectivity index (χ0v) is 17.3. The first kappa shape index (κ1) is 19.3. The average molecular weight is 394 g/mol. The summed E-state index contributed by atoms with van der Waals surface area (Å²) in [5, 5.41) is 2.74. The highest BCUT2D eigenvalue weighted by molar-refractivity contribution is 6.18. The van der Waals surface area contributed by atoms with Crippen LogP contribution >= 0.6 is 11.6 Å². The van der Waals surface area contributed by atoms with E-state index in [0.717, 1.165) is 32.1 Å². The zero-order chi connectivity index (χ0) is 19.2. The van der Waals surface area contributed by atoms with Crippen LogP contribution < -0.4 is 5.32 Å². The molecule has 0 heterocycles. The van der Waals surface area contributed by atoms with Gasteiger partial charge in [-0.2, -0.15) is 0 Å². The first-order chi connectivity index (χ1) is 12.9. The fraction of sp³-hybridized carbons (Fsp3) is 0.818. The van der Waals surface area contributed by atoms with Crippen LogP contribution in [0.25, 0.3) is 0 Å². The summed E-state index contributed by atoms with van der Waals surface area (Å²) in [5.74, 6) is 2.71. The molecule has 5 heteroatoms. The molecule has 0 radical (unpaired) electrons. The second-order valence-electron chi connectivity index (χ2n) is 9.60. The maximum atomic E-state index is 12.1. The number of amides is 1. The second kappa shape index (κ2) is 7.09. The zero-order valence-electron chi connectivity index (χ0n) is 16.6. The lowest BCUT2D eigenvalue weighted by Gasteiger charge is -2.57. The van der Waals surface area contributed by atoms with Crippen LogP contribution in [-0.4, -0.2) is 30.4 Å². The van der Waals surface area contributed by atoms with Gasteiger partial charge in [-0.1, -0.05) is 19.4 Å². The van der Waals surface area contributed by atoms with E-state index in [-0.39, 0.29) is 23.0 Å². The van der Waals surface area contributed by atoms with Crippen molar-refractivity contribution in [3.8, 4) is 0 Å². The van der Waals surface area contributed by atoms with E-state index in [4.69, 9.17) is 16.3 Å². The molecule has 3 fully saturated rings. The van der Waals surface area contributed by atoms with E-state index < -0.39 is 0 Å². The van der Waals surface area contributed by atoms with E-state index in [1.165, 1.54) is 18.4 Å². The summed E-state index contributed by atoms with van der Waals surface area (Å²) in [4.78, 5) is 24.0. The van der Waals surface area contributed by atoms with Gasteiger partial charge in [-0.05, 0) is 74.2 Å². The molecule has 0 saturated heterocycles. The summed E-state index contributed by atoms with van der Waals surface area (Å²) in [5.41, 5.74) is 1.70. The maximum absolute atomic E-state index is 12.1. The van der Waals surface area contributed by atoms with E-state index in [2.05, 4.69) is 19.2 Å². The van der Waals surface area contributed by atoms with E-state index in [1.54, 1.807) is 0 Å². The van der Waals surface area contributed by atoms with Crippen LogP contribution in [0.15, 0.2) is 11.6 Å². The number of alkyl halides is 1. The molecule has 0 spiro atoms. The molecule has 0 aromatic heterocycles. The van der Waals surface area contributed by atoms with Crippen LogP contribution in [0.3, 0.4) is 0 Å². The van der Waals surface area contributed by atoms with Crippen molar-refractivity contribution in [1.82, 2.24) is 5.32 Å². The summed E-state index contributed by atoms with van der Waals surface area (Å²) in [6, 6.07) is 0. The summed E-state index contributed by atoms with van der Waals surface area (Å²) in [6.07, 6.45) is 10.0. The maximum Gasteiger partial charge on any atom is 0.407 e. The van der Waals surface area contributed by atoms with Crippen molar-refractivity contribution in [2.45, 2.75) is 71.3 Å². The Hall–Kier alpha value is -1.03. The van der Waals surface area contributed by atoms with Gasteiger partial charge in [0.15, 0.2) is 5.78 Å². The number of fused-ring (bicyclic) bond motifs is 5. The third-order valence-electron chi connectivity index (χ3n) is 8.49. The van der Waals surface area contributed by atoms with Crippen LogP contribution in [0.4, 0.5) is 4.79 Å². The molecule has 4 aliphatic carbocycles. The third-order valence-corrected chi connectivity index (χ3v) is 8.68. The molecule has 27 heavy (non-hydrogen) atoms. The van der Waals surface area contributed by atoms with Crippen LogP contribution in [0.2, 0.25) is 0 Å². The van der Waals surface area contributed by atoms with Gasteiger partial charge in [-0.15, -0.1) is 11.6 Å². The molecule has 3 saturated carbocycles. The van der Waals surface area contributed by atoms with Gasteiger partial charge in [0.05, 0.1) is 0 Å². The number of hydrogen-bond donors (Lipinski definition) is 1. The van der Waals surface area contributed by atoms with Crippen molar-refractivity contribution in [3.63, 3.8) is 0 Å². The number of allylic oxidation sites excluding steroid dienone is 1. The summed E-state index contributed by atoms with van der Waals surface area (Å²) in [7, 11) is 0. The lowest BCUT2D eigenvalue weighted by molar-refractivity contribution is -0.118. The monoisotopic (exact) mass is 393 g/mol. The lowest BCUT2D eigenvalue weighted by Crippen LogP contribution is -2.52. The predicted molar refractivity (Wildman–Crippen MR) is 106 cm³/mol. The average Bonchev–Trinajstić information content (AvgIpc) is 2.97. The van der Waals surface area contributed by atoms with E-state index >= 15 is 0 Å². The normalized spacial score (nSPS) is 43.2. The van der Waals surface area contributed by atoms with Crippen molar-refractivity contribution in [2.75, 3.05) is 12.4 Å². The molecular formula is C22H32ClNO3. The first-order valence-corrected chi connectivity index (χ1v) is 11.2. The summed E-state index contributed by atoms with van der Waals surface area (Å²) >= 11 is 5.66. The van der Waals surface area contributed by atoms with Crippen molar-refractivity contribution in [3.05, 3.63) is 11.6 Å². The number of ether oxygens (including phenoxy) is 1. The number of ketones is 1. The fourth-order valence-corrected chi connectivity index (χ4v) is 7.12. The first-order valence-electron chi connectivity index (χ1n) is 10.6. The molecule has 0 aliphatic heterocycles. The van der Waals surface area contributed by atoms with Crippen LogP contribution in [0, 0.1) is 28.6 Å². The second-order valence-corrected chi connectivity index (χ2v) is 9.98. The number of rotatable bonds is 3. The molecule has 4 nitrogen and oxygen atoms in total. The highest BCUT2D eigenvalue weighted by Gasteiger charge is 2.59. The Labute approximate surface area is 167 Å². The number of halogens is 1. The van der Waals surface area contributed by atoms with Gasteiger partial charge in [0.1, 0.15) is 6.10 Å². The molecular weight excluding hydrogens is 362 g/mol. The fourth-order valence-electron chi connectivity index (χ4n) is 7.03. The van der Waals surface area contributed by atoms with Gasteiger partial charge in [-0.25, -0.2) is 4.79 Å². The van der Waals surface area contributed by atoms with Gasteiger partial charge < -0.3 is 10.1 Å². The van der Waals surface area contributed by atoms with Gasteiger partial charge in [-0.3, -0.25) is 4.79 Å². The van der Waals surface area contributed by atoms with E-state index in [1.807, 2.05) is 6.08 Å². The molecule has 1 amide bonds. The van der Waals surface area contributed by atoms with Gasteiger partial charge >= 0.3 is 6.09 Å². The minimum absolute atomic E-state index is 0.0106. The number of carbonyl (C=O) groups is 2. The largest absolute Gasteiger partial charge is 0.446 e. The molecule has 0 bridgehead atoms. The summed E-state index contributed by atoms with van der Waals surface area (Å²) < 4.78 is 5.85. The van der Waals surface area contributed by atoms with E-state index in [9.17, 15) is 9.59 Å². The van der Waals surface area contributed by atoms with Crippen molar-refractivity contribution < 1.29 is 14.3 Å². The number of carbonyl (C=O) groups excluding carboxylic acids is 2. The molecule has 0 aromatic carbocycles. The number of alkyl carbamates (subject to hydrolysis) is 1. The molecule has 0 aromatic rings. The van der Waals surface area contributed by atoms with Crippen molar-refractivity contribution >= 4 is 23.5 Å². The SMILES string of the molecule is CC12CCC(=O)C=C1CCC1C2CCC2(C)C(OC(=O)NCCCl)CCC12. The number of nitrogens with one attached hydrogen (secondary N) is 1. The van der Waals surface area contributed by atoms with Crippen LogP contribution in [-0.2, 0) is 9.53 Å².